The molecule has 122 valence electrons. The molecule has 1 aliphatic heterocycles. The zero-order chi connectivity index (χ0) is 16.4. The van der Waals surface area contributed by atoms with E-state index in [0.29, 0.717) is 12.3 Å². The molecule has 0 radical (unpaired) electrons. The van der Waals surface area contributed by atoms with Crippen LogP contribution >= 0.6 is 0 Å². The van der Waals surface area contributed by atoms with Gasteiger partial charge in [-0.25, -0.2) is 4.98 Å². The number of aromatic amines is 1. The van der Waals surface area contributed by atoms with Gasteiger partial charge in [-0.15, -0.1) is 0 Å². The van der Waals surface area contributed by atoms with E-state index in [1.54, 1.807) is 12.5 Å². The third-order valence-corrected chi connectivity index (χ3v) is 4.33. The Balaban J connectivity index is 1.68. The summed E-state index contributed by atoms with van der Waals surface area (Å²) in [6, 6.07) is 4.22. The van der Waals surface area contributed by atoms with E-state index in [0.717, 1.165) is 42.3 Å². The van der Waals surface area contributed by atoms with Crippen LogP contribution in [0.1, 0.15) is 29.4 Å². The molecular weight excluding hydrogens is 290 g/mol. The van der Waals surface area contributed by atoms with Gasteiger partial charge in [0.2, 0.25) is 5.91 Å². The van der Waals surface area contributed by atoms with Gasteiger partial charge in [-0.2, -0.15) is 0 Å². The van der Waals surface area contributed by atoms with Gasteiger partial charge >= 0.3 is 0 Å². The largest absolute Gasteiger partial charge is 0.378 e. The molecule has 6 nitrogen and oxygen atoms in total. The number of imidazole rings is 1. The third kappa shape index (κ3) is 3.52. The molecule has 0 bridgehead atoms. The minimum atomic E-state index is 0.150. The van der Waals surface area contributed by atoms with Crippen LogP contribution in [0.25, 0.3) is 0 Å². The molecule has 0 unspecified atom stereocenters. The summed E-state index contributed by atoms with van der Waals surface area (Å²) in [5.74, 6) is 0.469. The Morgan fingerprint density at radius 1 is 1.43 bits per heavy atom. The van der Waals surface area contributed by atoms with Crippen LogP contribution in [-0.4, -0.2) is 52.9 Å². The van der Waals surface area contributed by atoms with Gasteiger partial charge in [0, 0.05) is 62.1 Å². The van der Waals surface area contributed by atoms with Crippen molar-refractivity contribution < 1.29 is 4.79 Å². The fraction of sp³-hybridized carbons (Fsp3) is 0.471. The smallest absolute Gasteiger partial charge is 0.228 e. The summed E-state index contributed by atoms with van der Waals surface area (Å²) in [5, 5.41) is 0. The predicted octanol–water partition coefficient (Wildman–Crippen LogP) is 1.74. The first-order chi connectivity index (χ1) is 11.0. The Morgan fingerprint density at radius 3 is 2.96 bits per heavy atom. The topological polar surface area (TPSA) is 65.1 Å². The number of carbonyl (C=O) groups excluding carboxylic acids is 1. The van der Waals surface area contributed by atoms with Gasteiger partial charge in [0.05, 0.1) is 12.7 Å². The summed E-state index contributed by atoms with van der Waals surface area (Å²) in [6.45, 7) is 3.56. The van der Waals surface area contributed by atoms with E-state index in [2.05, 4.69) is 32.0 Å². The van der Waals surface area contributed by atoms with Gasteiger partial charge in [0.25, 0.3) is 0 Å². The molecule has 0 saturated carbocycles. The van der Waals surface area contributed by atoms with Crippen LogP contribution in [0.3, 0.4) is 0 Å². The summed E-state index contributed by atoms with van der Waals surface area (Å²) >= 11 is 0. The standard InChI is InChI=1S/C17H23N5O/c1-12-6-15(21(2)3)8-16(20-12)13-4-5-22(10-13)17(23)7-14-9-18-11-19-14/h6,8-9,11,13H,4-5,7,10H2,1-3H3,(H,18,19)/t13-/m0/s1. The number of carbonyl (C=O) groups is 1. The average molecular weight is 313 g/mol. The lowest BCUT2D eigenvalue weighted by molar-refractivity contribution is -0.129. The van der Waals surface area contributed by atoms with Crippen molar-refractivity contribution in [3.05, 3.63) is 41.7 Å². The Kier molecular flexibility index (Phi) is 4.32. The van der Waals surface area contributed by atoms with Crippen LogP contribution in [0, 0.1) is 6.92 Å². The van der Waals surface area contributed by atoms with Crippen molar-refractivity contribution in [2.75, 3.05) is 32.1 Å². The van der Waals surface area contributed by atoms with Gasteiger partial charge in [0.1, 0.15) is 0 Å². The number of hydrogen-bond donors (Lipinski definition) is 1. The number of likely N-dealkylation sites (tertiary alicyclic amines) is 1. The number of nitrogens with zero attached hydrogens (tertiary/aromatic N) is 4. The van der Waals surface area contributed by atoms with Crippen LogP contribution in [0.2, 0.25) is 0 Å². The van der Waals surface area contributed by atoms with Crippen LogP contribution in [-0.2, 0) is 11.2 Å². The number of hydrogen-bond acceptors (Lipinski definition) is 4. The monoisotopic (exact) mass is 313 g/mol. The van der Waals surface area contributed by atoms with Crippen molar-refractivity contribution >= 4 is 11.6 Å². The van der Waals surface area contributed by atoms with Gasteiger partial charge in [-0.3, -0.25) is 9.78 Å². The van der Waals surface area contributed by atoms with E-state index in [1.807, 2.05) is 25.9 Å². The second-order valence-electron chi connectivity index (χ2n) is 6.36. The minimum absolute atomic E-state index is 0.150. The number of aromatic nitrogens is 3. The van der Waals surface area contributed by atoms with E-state index in [9.17, 15) is 4.79 Å². The highest BCUT2D eigenvalue weighted by molar-refractivity contribution is 5.78. The third-order valence-electron chi connectivity index (χ3n) is 4.33. The fourth-order valence-electron chi connectivity index (χ4n) is 3.03. The molecule has 3 heterocycles. The Morgan fingerprint density at radius 2 is 2.26 bits per heavy atom. The summed E-state index contributed by atoms with van der Waals surface area (Å²) in [6.07, 6.45) is 4.67. The summed E-state index contributed by atoms with van der Waals surface area (Å²) in [7, 11) is 4.07. The second-order valence-corrected chi connectivity index (χ2v) is 6.36. The highest BCUT2D eigenvalue weighted by atomic mass is 16.2. The molecule has 0 aromatic carbocycles. The molecule has 2 aromatic rings. The van der Waals surface area contributed by atoms with E-state index in [4.69, 9.17) is 0 Å². The molecule has 6 heteroatoms. The zero-order valence-electron chi connectivity index (χ0n) is 13.9. The Labute approximate surface area is 136 Å². The molecule has 1 fully saturated rings. The van der Waals surface area contributed by atoms with Gasteiger partial charge in [-0.1, -0.05) is 0 Å². The second kappa shape index (κ2) is 6.40. The van der Waals surface area contributed by atoms with Crippen molar-refractivity contribution in [2.24, 2.45) is 0 Å². The molecule has 23 heavy (non-hydrogen) atoms. The number of amides is 1. The number of aryl methyl sites for hydroxylation is 1. The molecule has 1 atom stereocenters. The average Bonchev–Trinajstić information content (AvgIpc) is 3.17. The molecule has 0 aliphatic carbocycles. The van der Waals surface area contributed by atoms with Crippen molar-refractivity contribution in [3.8, 4) is 0 Å². The molecule has 3 rings (SSSR count). The molecule has 0 spiro atoms. The lowest BCUT2D eigenvalue weighted by atomic mass is 10.0. The molecule has 1 amide bonds. The molecule has 2 aromatic heterocycles. The summed E-state index contributed by atoms with van der Waals surface area (Å²) in [4.78, 5) is 28.0. The Hall–Kier alpha value is -2.37. The van der Waals surface area contributed by atoms with Gasteiger partial charge in [-0.05, 0) is 25.5 Å². The van der Waals surface area contributed by atoms with E-state index >= 15 is 0 Å². The predicted molar refractivity (Wildman–Crippen MR) is 89.5 cm³/mol. The first kappa shape index (κ1) is 15.5. The Bertz CT molecular complexity index is 680. The van der Waals surface area contributed by atoms with Gasteiger partial charge in [0.15, 0.2) is 0 Å². The first-order valence-electron chi connectivity index (χ1n) is 7.94. The maximum Gasteiger partial charge on any atom is 0.228 e. The maximum atomic E-state index is 12.4. The summed E-state index contributed by atoms with van der Waals surface area (Å²) in [5.41, 5.74) is 4.13. The number of H-pyrrole nitrogens is 1. The highest BCUT2D eigenvalue weighted by Crippen LogP contribution is 2.28. The van der Waals surface area contributed by atoms with E-state index < -0.39 is 0 Å². The lowest BCUT2D eigenvalue weighted by Gasteiger charge is -2.18. The van der Waals surface area contributed by atoms with Crippen LogP contribution in [0.15, 0.2) is 24.7 Å². The summed E-state index contributed by atoms with van der Waals surface area (Å²) < 4.78 is 0. The van der Waals surface area contributed by atoms with Crippen molar-refractivity contribution in [2.45, 2.75) is 25.7 Å². The highest BCUT2D eigenvalue weighted by Gasteiger charge is 2.28. The van der Waals surface area contributed by atoms with E-state index in [1.165, 1.54) is 0 Å². The first-order valence-corrected chi connectivity index (χ1v) is 7.94. The van der Waals surface area contributed by atoms with Crippen molar-refractivity contribution in [3.63, 3.8) is 0 Å². The normalized spacial score (nSPS) is 17.5. The van der Waals surface area contributed by atoms with Crippen LogP contribution in [0.5, 0.6) is 0 Å². The molecule has 1 aliphatic rings. The van der Waals surface area contributed by atoms with E-state index in [-0.39, 0.29) is 5.91 Å². The maximum absolute atomic E-state index is 12.4. The quantitative estimate of drug-likeness (QED) is 0.934. The van der Waals surface area contributed by atoms with Crippen LogP contribution in [0.4, 0.5) is 5.69 Å². The van der Waals surface area contributed by atoms with Gasteiger partial charge < -0.3 is 14.8 Å². The molecular formula is C17H23N5O. The number of pyridine rings is 1. The molecule has 1 saturated heterocycles. The number of anilines is 1. The zero-order valence-corrected chi connectivity index (χ0v) is 13.9. The van der Waals surface area contributed by atoms with Crippen LogP contribution < -0.4 is 4.90 Å². The fourth-order valence-corrected chi connectivity index (χ4v) is 3.03. The molecule has 1 N–H and O–H groups in total. The SMILES string of the molecule is Cc1cc(N(C)C)cc([C@H]2CCN(C(=O)Cc3cnc[nH]3)C2)n1. The lowest BCUT2D eigenvalue weighted by Crippen LogP contribution is -2.30. The van der Waals surface area contributed by atoms with Crippen molar-refractivity contribution in [1.82, 2.24) is 19.9 Å². The minimum Gasteiger partial charge on any atom is -0.378 e. The van der Waals surface area contributed by atoms with Crippen molar-refractivity contribution in [1.29, 1.82) is 0 Å². The number of nitrogens with one attached hydrogen (secondary N) is 1. The number of rotatable bonds is 4.